The molecule has 1 atom stereocenters. The summed E-state index contributed by atoms with van der Waals surface area (Å²) in [6, 6.07) is 18.2. The van der Waals surface area contributed by atoms with E-state index in [0.29, 0.717) is 21.4 Å². The van der Waals surface area contributed by atoms with E-state index in [-0.39, 0.29) is 5.49 Å². The molecule has 2 N–H and O–H groups in total. The molecule has 2 aromatic heterocycles. The van der Waals surface area contributed by atoms with E-state index in [4.69, 9.17) is 19.9 Å². The van der Waals surface area contributed by atoms with Crippen molar-refractivity contribution in [1.82, 2.24) is 19.5 Å². The molecule has 7 nitrogen and oxygen atoms in total. The third kappa shape index (κ3) is 4.33. The van der Waals surface area contributed by atoms with Gasteiger partial charge in [0.25, 0.3) is 6.29 Å². The van der Waals surface area contributed by atoms with Crippen LogP contribution in [0.3, 0.4) is 0 Å². The molecule has 0 saturated heterocycles. The lowest BCUT2D eigenvalue weighted by molar-refractivity contribution is -0.0279. The maximum absolute atomic E-state index is 8.15. The molecular formula is C22H18IN5O2S. The lowest BCUT2D eigenvalue weighted by Crippen LogP contribution is -2.13. The number of imidazole rings is 1. The Morgan fingerprint density at radius 2 is 1.94 bits per heavy atom. The molecule has 0 bridgehead atoms. The van der Waals surface area contributed by atoms with Gasteiger partial charge < -0.3 is 19.0 Å². The van der Waals surface area contributed by atoms with Crippen LogP contribution in [0.15, 0.2) is 77.4 Å². The Kier molecular flexibility index (Phi) is 5.68. The molecule has 156 valence electrons. The van der Waals surface area contributed by atoms with E-state index >= 15 is 0 Å². The number of aromatic amines is 1. The zero-order valence-corrected chi connectivity index (χ0v) is 19.3. The maximum atomic E-state index is 8.15. The first-order valence-electron chi connectivity index (χ1n) is 9.65. The number of nitrogens with zero attached hydrogens (tertiary/aromatic N) is 3. The number of thioether (sulfide) groups is 1. The molecule has 5 rings (SSSR count). The molecule has 9 heteroatoms. The van der Waals surface area contributed by atoms with E-state index in [1.807, 2.05) is 47.0 Å². The first-order chi connectivity index (χ1) is 15.2. The Bertz CT molecular complexity index is 1320. The standard InChI is InChI=1S/C22H18IN5O2S/c23-16-9-5-4-8-15(16)21-29-12-17(30-21)31-22-26-18-19(24)25-13-28(20(18)27-22)11-10-14-6-2-1-3-7-14/h1-9,12-13,21,24H,10-11H2,(H,26,27). The van der Waals surface area contributed by atoms with Gasteiger partial charge in [-0.1, -0.05) is 48.5 Å². The van der Waals surface area contributed by atoms with Crippen LogP contribution in [0, 0.1) is 8.98 Å². The van der Waals surface area contributed by atoms with Gasteiger partial charge in [0, 0.05) is 15.7 Å². The molecule has 0 aliphatic carbocycles. The molecule has 1 unspecified atom stereocenters. The molecule has 0 amide bonds. The van der Waals surface area contributed by atoms with Crippen LogP contribution in [0.1, 0.15) is 17.4 Å². The summed E-state index contributed by atoms with van der Waals surface area (Å²) in [5.74, 6) is 0. The SMILES string of the molecule is N=c1ncn(CCc2ccccc2)c2nc(SC3=COC(c4ccccc4I)O3)[nH]c12. The second-order valence-electron chi connectivity index (χ2n) is 6.91. The second kappa shape index (κ2) is 8.75. The third-order valence-electron chi connectivity index (χ3n) is 4.85. The summed E-state index contributed by atoms with van der Waals surface area (Å²) in [7, 11) is 0. The van der Waals surface area contributed by atoms with Gasteiger partial charge in [-0.05, 0) is 52.4 Å². The van der Waals surface area contributed by atoms with E-state index in [1.54, 1.807) is 12.6 Å². The summed E-state index contributed by atoms with van der Waals surface area (Å²) in [6.45, 7) is 0.722. The highest BCUT2D eigenvalue weighted by Crippen LogP contribution is 2.38. The molecule has 31 heavy (non-hydrogen) atoms. The van der Waals surface area contributed by atoms with Crippen LogP contribution in [0.2, 0.25) is 0 Å². The van der Waals surface area contributed by atoms with Crippen molar-refractivity contribution in [2.75, 3.05) is 0 Å². The summed E-state index contributed by atoms with van der Waals surface area (Å²) < 4.78 is 14.7. The second-order valence-corrected chi connectivity index (χ2v) is 9.06. The van der Waals surface area contributed by atoms with Crippen LogP contribution in [-0.4, -0.2) is 19.5 Å². The summed E-state index contributed by atoms with van der Waals surface area (Å²) in [6.07, 6.45) is 3.66. The van der Waals surface area contributed by atoms with Crippen LogP contribution in [0.4, 0.5) is 0 Å². The minimum atomic E-state index is -0.468. The Morgan fingerprint density at radius 3 is 2.77 bits per heavy atom. The van der Waals surface area contributed by atoms with Crippen molar-refractivity contribution in [2.24, 2.45) is 0 Å². The number of benzene rings is 2. The van der Waals surface area contributed by atoms with Gasteiger partial charge in [-0.3, -0.25) is 5.41 Å². The summed E-state index contributed by atoms with van der Waals surface area (Å²) in [5.41, 5.74) is 3.70. The number of fused-ring (bicyclic) bond motifs is 1. The number of hydrogen-bond donors (Lipinski definition) is 2. The van der Waals surface area contributed by atoms with E-state index in [2.05, 4.69) is 44.7 Å². The normalized spacial score (nSPS) is 15.5. The first kappa shape index (κ1) is 20.1. The fourth-order valence-corrected chi connectivity index (χ4v) is 4.65. The van der Waals surface area contributed by atoms with Gasteiger partial charge in [-0.25, -0.2) is 9.97 Å². The number of nitrogens with one attached hydrogen (secondary N) is 2. The van der Waals surface area contributed by atoms with Gasteiger partial charge in [0.05, 0.1) is 6.33 Å². The first-order valence-corrected chi connectivity index (χ1v) is 11.5. The Labute approximate surface area is 196 Å². The molecule has 0 radical (unpaired) electrons. The largest absolute Gasteiger partial charge is 0.454 e. The van der Waals surface area contributed by atoms with Gasteiger partial charge in [0.15, 0.2) is 16.3 Å². The lowest BCUT2D eigenvalue weighted by atomic mass is 10.1. The molecule has 1 aliphatic rings. The zero-order valence-electron chi connectivity index (χ0n) is 16.3. The van der Waals surface area contributed by atoms with Crippen LogP contribution in [0.5, 0.6) is 0 Å². The fraction of sp³-hybridized carbons (Fsp3) is 0.136. The van der Waals surface area contributed by atoms with Crippen molar-refractivity contribution in [1.29, 1.82) is 5.41 Å². The lowest BCUT2D eigenvalue weighted by Gasteiger charge is -2.12. The predicted molar refractivity (Wildman–Crippen MR) is 126 cm³/mol. The van der Waals surface area contributed by atoms with Gasteiger partial charge >= 0.3 is 0 Å². The van der Waals surface area contributed by atoms with E-state index in [0.717, 1.165) is 22.1 Å². The van der Waals surface area contributed by atoms with Gasteiger partial charge in [0.1, 0.15) is 11.8 Å². The number of aryl methyl sites for hydroxylation is 2. The van der Waals surface area contributed by atoms with Crippen LogP contribution in [-0.2, 0) is 22.4 Å². The van der Waals surface area contributed by atoms with E-state index < -0.39 is 6.29 Å². The van der Waals surface area contributed by atoms with Gasteiger partial charge in [-0.15, -0.1) is 0 Å². The number of H-pyrrole nitrogens is 1. The molecule has 2 aromatic carbocycles. The molecule has 0 saturated carbocycles. The summed E-state index contributed by atoms with van der Waals surface area (Å²) in [5, 5.41) is 9.38. The fourth-order valence-electron chi connectivity index (χ4n) is 3.29. The molecule has 0 spiro atoms. The molecular weight excluding hydrogens is 525 g/mol. The highest BCUT2D eigenvalue weighted by Gasteiger charge is 2.25. The van der Waals surface area contributed by atoms with E-state index in [1.165, 1.54) is 17.3 Å². The van der Waals surface area contributed by atoms with Crippen molar-refractivity contribution in [3.8, 4) is 0 Å². The predicted octanol–water partition coefficient (Wildman–Crippen LogP) is 4.72. The minimum absolute atomic E-state index is 0.166. The van der Waals surface area contributed by atoms with Crippen LogP contribution < -0.4 is 5.49 Å². The number of aromatic nitrogens is 4. The summed E-state index contributed by atoms with van der Waals surface area (Å²) in [4.78, 5) is 12.1. The Hall–Kier alpha value is -2.79. The van der Waals surface area contributed by atoms with Crippen molar-refractivity contribution in [3.63, 3.8) is 0 Å². The Morgan fingerprint density at radius 1 is 1.13 bits per heavy atom. The van der Waals surface area contributed by atoms with Crippen LogP contribution >= 0.6 is 34.4 Å². The van der Waals surface area contributed by atoms with Crippen LogP contribution in [0.25, 0.3) is 11.2 Å². The third-order valence-corrected chi connectivity index (χ3v) is 6.61. The number of hydrogen-bond acceptors (Lipinski definition) is 6. The molecule has 0 fully saturated rings. The van der Waals surface area contributed by atoms with Crippen molar-refractivity contribution in [2.45, 2.75) is 24.4 Å². The van der Waals surface area contributed by atoms with Crippen molar-refractivity contribution >= 4 is 45.5 Å². The van der Waals surface area contributed by atoms with Crippen molar-refractivity contribution < 1.29 is 9.47 Å². The van der Waals surface area contributed by atoms with Crippen molar-refractivity contribution in [3.05, 3.63) is 92.5 Å². The smallest absolute Gasteiger partial charge is 0.268 e. The number of halogens is 1. The van der Waals surface area contributed by atoms with E-state index in [9.17, 15) is 0 Å². The monoisotopic (exact) mass is 543 g/mol. The van der Waals surface area contributed by atoms with Gasteiger partial charge in [-0.2, -0.15) is 0 Å². The molecule has 1 aliphatic heterocycles. The average Bonchev–Trinajstić information content (AvgIpc) is 3.42. The topological polar surface area (TPSA) is 88.8 Å². The minimum Gasteiger partial charge on any atom is -0.454 e. The summed E-state index contributed by atoms with van der Waals surface area (Å²) >= 11 is 3.60. The number of rotatable bonds is 6. The quantitative estimate of drug-likeness (QED) is 0.344. The van der Waals surface area contributed by atoms with Gasteiger partial charge in [0.2, 0.25) is 5.09 Å². The average molecular weight is 543 g/mol. The highest BCUT2D eigenvalue weighted by atomic mass is 127. The number of ether oxygens (including phenoxy) is 2. The highest BCUT2D eigenvalue weighted by molar-refractivity contribution is 14.1. The molecule has 3 heterocycles. The molecule has 4 aromatic rings. The maximum Gasteiger partial charge on any atom is 0.268 e. The Balaban J connectivity index is 1.34. The zero-order chi connectivity index (χ0) is 21.2.